The van der Waals surface area contributed by atoms with Crippen LogP contribution in [0.15, 0.2) is 22.8 Å². The summed E-state index contributed by atoms with van der Waals surface area (Å²) in [5, 5.41) is 8.64. The van der Waals surface area contributed by atoms with Gasteiger partial charge in [0, 0.05) is 13.2 Å². The number of sulfonamides is 1. The molecule has 0 saturated heterocycles. The lowest BCUT2D eigenvalue weighted by Crippen LogP contribution is -2.32. The number of furan rings is 1. The van der Waals surface area contributed by atoms with Crippen molar-refractivity contribution in [3.63, 3.8) is 0 Å². The zero-order chi connectivity index (χ0) is 12.0. The van der Waals surface area contributed by atoms with E-state index in [0.717, 1.165) is 0 Å². The summed E-state index contributed by atoms with van der Waals surface area (Å²) in [4.78, 5) is 0. The summed E-state index contributed by atoms with van der Waals surface area (Å²) in [5.41, 5.74) is 0. The highest BCUT2D eigenvalue weighted by atomic mass is 32.2. The van der Waals surface area contributed by atoms with E-state index in [9.17, 15) is 8.42 Å². The van der Waals surface area contributed by atoms with Crippen LogP contribution in [0.2, 0.25) is 0 Å². The molecule has 1 N–H and O–H groups in total. The molecule has 1 aromatic heterocycles. The maximum atomic E-state index is 11.8. The number of nitrogens with zero attached hydrogens (tertiary/aromatic N) is 1. The van der Waals surface area contributed by atoms with E-state index in [2.05, 4.69) is 0 Å². The van der Waals surface area contributed by atoms with Crippen molar-refractivity contribution >= 4 is 10.0 Å². The Labute approximate surface area is 95.7 Å². The van der Waals surface area contributed by atoms with Crippen LogP contribution in [0.1, 0.15) is 19.1 Å². The molecule has 6 heteroatoms. The summed E-state index contributed by atoms with van der Waals surface area (Å²) in [6.45, 7) is 2.31. The molecule has 0 atom stereocenters. The van der Waals surface area contributed by atoms with Crippen molar-refractivity contribution in [2.75, 3.05) is 18.9 Å². The predicted octanol–water partition coefficient (Wildman–Crippen LogP) is 0.814. The zero-order valence-electron chi connectivity index (χ0n) is 9.30. The van der Waals surface area contributed by atoms with Gasteiger partial charge in [-0.15, -0.1) is 0 Å². The summed E-state index contributed by atoms with van der Waals surface area (Å²) in [6, 6.07) is 3.47. The van der Waals surface area contributed by atoms with E-state index < -0.39 is 10.0 Å². The fourth-order valence-electron chi connectivity index (χ4n) is 1.36. The van der Waals surface area contributed by atoms with E-state index in [0.29, 0.717) is 12.3 Å². The molecule has 0 bridgehead atoms. The van der Waals surface area contributed by atoms with Gasteiger partial charge in [-0.2, -0.15) is 4.31 Å². The molecule has 0 aliphatic carbocycles. The monoisotopic (exact) mass is 247 g/mol. The Hall–Kier alpha value is -0.850. The normalized spacial score (nSPS) is 12.2. The van der Waals surface area contributed by atoms with Crippen LogP contribution in [0, 0.1) is 0 Å². The Bertz CT molecular complexity index is 385. The molecule has 0 spiro atoms. The van der Waals surface area contributed by atoms with Crippen molar-refractivity contribution in [3.8, 4) is 0 Å². The zero-order valence-corrected chi connectivity index (χ0v) is 10.1. The highest BCUT2D eigenvalue weighted by Gasteiger charge is 2.20. The third-order valence-corrected chi connectivity index (χ3v) is 4.20. The number of hydrogen-bond donors (Lipinski definition) is 1. The van der Waals surface area contributed by atoms with Gasteiger partial charge in [-0.05, 0) is 18.6 Å². The Kier molecular flexibility index (Phi) is 4.98. The largest absolute Gasteiger partial charge is 0.468 e. The smallest absolute Gasteiger partial charge is 0.214 e. The minimum atomic E-state index is -3.30. The molecule has 1 aromatic rings. The lowest BCUT2D eigenvalue weighted by Gasteiger charge is -2.18. The summed E-state index contributed by atoms with van der Waals surface area (Å²) in [6.07, 6.45) is 1.78. The van der Waals surface area contributed by atoms with E-state index in [1.807, 2.05) is 0 Å². The number of rotatable bonds is 7. The summed E-state index contributed by atoms with van der Waals surface area (Å²) >= 11 is 0. The van der Waals surface area contributed by atoms with Gasteiger partial charge >= 0.3 is 0 Å². The topological polar surface area (TPSA) is 70.8 Å². The summed E-state index contributed by atoms with van der Waals surface area (Å²) in [5.74, 6) is 0.590. The highest BCUT2D eigenvalue weighted by Crippen LogP contribution is 2.10. The molecule has 0 aromatic carbocycles. The average molecular weight is 247 g/mol. The molecule has 1 rings (SSSR count). The lowest BCUT2D eigenvalue weighted by molar-refractivity contribution is 0.293. The van der Waals surface area contributed by atoms with Gasteiger partial charge in [0.25, 0.3) is 0 Å². The van der Waals surface area contributed by atoms with Gasteiger partial charge in [0.05, 0.1) is 18.6 Å². The first-order valence-corrected chi connectivity index (χ1v) is 6.82. The van der Waals surface area contributed by atoms with Gasteiger partial charge in [0.2, 0.25) is 10.0 Å². The van der Waals surface area contributed by atoms with Crippen LogP contribution < -0.4 is 0 Å². The van der Waals surface area contributed by atoms with Crippen molar-refractivity contribution in [1.82, 2.24) is 4.31 Å². The SMILES string of the molecule is CCN(Cc1ccco1)S(=O)(=O)CCCO. The summed E-state index contributed by atoms with van der Waals surface area (Å²) in [7, 11) is -3.30. The van der Waals surface area contributed by atoms with Gasteiger partial charge in [-0.1, -0.05) is 6.92 Å². The molecule has 5 nitrogen and oxygen atoms in total. The van der Waals surface area contributed by atoms with Gasteiger partial charge in [-0.25, -0.2) is 8.42 Å². The van der Waals surface area contributed by atoms with Crippen LogP contribution in [0.25, 0.3) is 0 Å². The number of hydrogen-bond acceptors (Lipinski definition) is 4. The first-order chi connectivity index (χ1) is 7.60. The Balaban J connectivity index is 2.66. The minimum Gasteiger partial charge on any atom is -0.468 e. The molecular formula is C10H17NO4S. The Morgan fingerprint density at radius 2 is 2.25 bits per heavy atom. The second kappa shape index (κ2) is 6.03. The molecule has 16 heavy (non-hydrogen) atoms. The molecule has 0 fully saturated rings. The third kappa shape index (κ3) is 3.62. The minimum absolute atomic E-state index is 0.0297. The van der Waals surface area contributed by atoms with Crippen LogP contribution in [-0.4, -0.2) is 36.7 Å². The van der Waals surface area contributed by atoms with Crippen LogP contribution in [0.5, 0.6) is 0 Å². The first kappa shape index (κ1) is 13.2. The molecular weight excluding hydrogens is 230 g/mol. The van der Waals surface area contributed by atoms with E-state index in [4.69, 9.17) is 9.52 Å². The molecule has 1 heterocycles. The quantitative estimate of drug-likeness (QED) is 0.774. The maximum absolute atomic E-state index is 11.8. The molecule has 0 saturated carbocycles. The van der Waals surface area contributed by atoms with E-state index in [-0.39, 0.29) is 25.3 Å². The second-order valence-electron chi connectivity index (χ2n) is 3.40. The van der Waals surface area contributed by atoms with Gasteiger partial charge < -0.3 is 9.52 Å². The van der Waals surface area contributed by atoms with Gasteiger partial charge in [0.15, 0.2) is 0 Å². The molecule has 0 amide bonds. The van der Waals surface area contributed by atoms with E-state index >= 15 is 0 Å². The number of aliphatic hydroxyl groups excluding tert-OH is 1. The Morgan fingerprint density at radius 3 is 2.75 bits per heavy atom. The van der Waals surface area contributed by atoms with Crippen LogP contribution in [0.3, 0.4) is 0 Å². The van der Waals surface area contributed by atoms with Crippen LogP contribution >= 0.6 is 0 Å². The molecule has 92 valence electrons. The second-order valence-corrected chi connectivity index (χ2v) is 5.49. The predicted molar refractivity (Wildman–Crippen MR) is 60.3 cm³/mol. The van der Waals surface area contributed by atoms with Crippen molar-refractivity contribution < 1.29 is 17.9 Å². The van der Waals surface area contributed by atoms with Gasteiger partial charge in [0.1, 0.15) is 5.76 Å². The van der Waals surface area contributed by atoms with Crippen molar-refractivity contribution in [2.24, 2.45) is 0 Å². The lowest BCUT2D eigenvalue weighted by atomic mass is 10.4. The highest BCUT2D eigenvalue weighted by molar-refractivity contribution is 7.89. The van der Waals surface area contributed by atoms with Crippen LogP contribution in [-0.2, 0) is 16.6 Å². The van der Waals surface area contributed by atoms with E-state index in [1.54, 1.807) is 19.1 Å². The average Bonchev–Trinajstić information content (AvgIpc) is 2.75. The van der Waals surface area contributed by atoms with Crippen LogP contribution in [0.4, 0.5) is 0 Å². The fraction of sp³-hybridized carbons (Fsp3) is 0.600. The standard InChI is InChI=1S/C10H17NO4S/c1-2-11(9-10-5-3-7-15-10)16(13,14)8-4-6-12/h3,5,7,12H,2,4,6,8-9H2,1H3. The molecule has 0 radical (unpaired) electrons. The number of aliphatic hydroxyl groups is 1. The third-order valence-electron chi connectivity index (χ3n) is 2.22. The molecule has 0 aliphatic heterocycles. The Morgan fingerprint density at radius 1 is 1.50 bits per heavy atom. The summed E-state index contributed by atoms with van der Waals surface area (Å²) < 4.78 is 30.1. The molecule has 0 aliphatic rings. The van der Waals surface area contributed by atoms with Gasteiger partial charge in [-0.3, -0.25) is 0 Å². The van der Waals surface area contributed by atoms with Crippen molar-refractivity contribution in [3.05, 3.63) is 24.2 Å². The van der Waals surface area contributed by atoms with Crippen molar-refractivity contribution in [2.45, 2.75) is 19.9 Å². The molecule has 0 unspecified atom stereocenters. The van der Waals surface area contributed by atoms with Crippen molar-refractivity contribution in [1.29, 1.82) is 0 Å². The van der Waals surface area contributed by atoms with E-state index in [1.165, 1.54) is 10.6 Å². The maximum Gasteiger partial charge on any atom is 0.214 e. The fourth-order valence-corrected chi connectivity index (χ4v) is 2.83. The first-order valence-electron chi connectivity index (χ1n) is 5.21.